The summed E-state index contributed by atoms with van der Waals surface area (Å²) < 4.78 is 25.6. The quantitative estimate of drug-likeness (QED) is 0.822. The lowest BCUT2D eigenvalue weighted by Crippen LogP contribution is -2.13. The van der Waals surface area contributed by atoms with Crippen molar-refractivity contribution >= 4 is 29.1 Å². The monoisotopic (exact) mass is 281 g/mol. The van der Waals surface area contributed by atoms with Gasteiger partial charge < -0.3 is 5.32 Å². The van der Waals surface area contributed by atoms with Crippen molar-refractivity contribution in [2.45, 2.75) is 26.3 Å². The molecule has 0 radical (unpaired) electrons. The average Bonchev–Trinajstić information content (AvgIpc) is 2.38. The molecule has 2 aromatic rings. The van der Waals surface area contributed by atoms with Crippen LogP contribution in [0.5, 0.6) is 0 Å². The Morgan fingerprint density at radius 2 is 2.05 bits per heavy atom. The lowest BCUT2D eigenvalue weighted by atomic mass is 10.2. The molecule has 6 nitrogen and oxygen atoms in total. The van der Waals surface area contributed by atoms with Crippen molar-refractivity contribution in [2.24, 2.45) is 0 Å². The lowest BCUT2D eigenvalue weighted by molar-refractivity contribution is -0.105. The number of halogens is 2. The Balaban J connectivity index is 2.61. The van der Waals surface area contributed by atoms with E-state index in [1.54, 1.807) is 0 Å². The maximum absolute atomic E-state index is 12.8. The number of anilines is 2. The number of amides is 1. The number of nitrogens with one attached hydrogen (secondary N) is 2. The van der Waals surface area contributed by atoms with Crippen LogP contribution in [-0.4, -0.2) is 27.4 Å². The van der Waals surface area contributed by atoms with Crippen molar-refractivity contribution in [3.63, 3.8) is 0 Å². The van der Waals surface area contributed by atoms with Gasteiger partial charge in [0.25, 0.3) is 6.43 Å². The van der Waals surface area contributed by atoms with Gasteiger partial charge in [0.1, 0.15) is 11.2 Å². The Hall–Kier alpha value is -2.38. The van der Waals surface area contributed by atoms with Crippen LogP contribution in [0, 0.1) is 0 Å². The summed E-state index contributed by atoms with van der Waals surface area (Å²) in [6.45, 7) is 3.71. The van der Waals surface area contributed by atoms with Gasteiger partial charge in [-0.25, -0.2) is 23.7 Å². The van der Waals surface area contributed by atoms with E-state index in [9.17, 15) is 13.6 Å². The van der Waals surface area contributed by atoms with Crippen LogP contribution in [-0.2, 0) is 4.79 Å². The number of fused-ring (bicyclic) bond motifs is 1. The number of nitrogens with zero attached hydrogens (tertiary/aromatic N) is 3. The molecule has 0 atom stereocenters. The molecule has 2 aromatic heterocycles. The van der Waals surface area contributed by atoms with E-state index in [1.165, 1.54) is 12.3 Å². The summed E-state index contributed by atoms with van der Waals surface area (Å²) in [6.07, 6.45) is -0.870. The Kier molecular flexibility index (Phi) is 4.02. The Morgan fingerprint density at radius 3 is 2.65 bits per heavy atom. The Bertz CT molecular complexity index is 633. The van der Waals surface area contributed by atoms with Gasteiger partial charge in [-0.05, 0) is 19.9 Å². The second kappa shape index (κ2) is 5.72. The molecule has 0 aliphatic heterocycles. The van der Waals surface area contributed by atoms with Crippen molar-refractivity contribution < 1.29 is 13.6 Å². The predicted molar refractivity (Wildman–Crippen MR) is 70.7 cm³/mol. The van der Waals surface area contributed by atoms with E-state index in [0.29, 0.717) is 17.3 Å². The third kappa shape index (κ3) is 2.95. The number of hydrogen-bond acceptors (Lipinski definition) is 5. The number of pyridine rings is 1. The van der Waals surface area contributed by atoms with E-state index in [2.05, 4.69) is 25.6 Å². The molecule has 0 bridgehead atoms. The molecule has 1 amide bonds. The van der Waals surface area contributed by atoms with Crippen molar-refractivity contribution in [3.8, 4) is 0 Å². The first-order valence-corrected chi connectivity index (χ1v) is 5.94. The van der Waals surface area contributed by atoms with E-state index in [0.717, 1.165) is 0 Å². The Labute approximate surface area is 113 Å². The molecule has 0 aliphatic carbocycles. The SMILES string of the molecule is CC(C)Nc1nc(C(F)F)cc2cnc(NC=O)nc12. The zero-order valence-electron chi connectivity index (χ0n) is 10.9. The second-order valence-electron chi connectivity index (χ2n) is 4.39. The smallest absolute Gasteiger partial charge is 0.280 e. The van der Waals surface area contributed by atoms with Gasteiger partial charge in [-0.15, -0.1) is 0 Å². The molecule has 0 aromatic carbocycles. The highest BCUT2D eigenvalue weighted by Gasteiger charge is 2.15. The van der Waals surface area contributed by atoms with Crippen LogP contribution in [0.2, 0.25) is 0 Å². The zero-order valence-corrected chi connectivity index (χ0v) is 10.9. The first-order chi connectivity index (χ1) is 9.51. The molecule has 0 spiro atoms. The van der Waals surface area contributed by atoms with Crippen LogP contribution < -0.4 is 10.6 Å². The van der Waals surface area contributed by atoms with E-state index in [1.807, 2.05) is 13.8 Å². The molecule has 0 saturated carbocycles. The minimum Gasteiger partial charge on any atom is -0.366 e. The summed E-state index contributed by atoms with van der Waals surface area (Å²) in [4.78, 5) is 22.2. The van der Waals surface area contributed by atoms with E-state index in [4.69, 9.17) is 0 Å². The maximum atomic E-state index is 12.8. The molecule has 0 saturated heterocycles. The molecule has 0 aliphatic rings. The second-order valence-corrected chi connectivity index (χ2v) is 4.39. The highest BCUT2D eigenvalue weighted by molar-refractivity contribution is 5.89. The largest absolute Gasteiger partial charge is 0.366 e. The molecule has 0 fully saturated rings. The van der Waals surface area contributed by atoms with Crippen molar-refractivity contribution in [2.75, 3.05) is 10.6 Å². The maximum Gasteiger partial charge on any atom is 0.280 e. The lowest BCUT2D eigenvalue weighted by Gasteiger charge is -2.13. The van der Waals surface area contributed by atoms with Gasteiger partial charge in [0, 0.05) is 17.6 Å². The van der Waals surface area contributed by atoms with Crippen molar-refractivity contribution in [1.82, 2.24) is 15.0 Å². The molecular weight excluding hydrogens is 268 g/mol. The van der Waals surface area contributed by atoms with Gasteiger partial charge in [-0.1, -0.05) is 0 Å². The fourth-order valence-corrected chi connectivity index (χ4v) is 1.67. The van der Waals surface area contributed by atoms with Gasteiger partial charge in [0.2, 0.25) is 12.4 Å². The Morgan fingerprint density at radius 1 is 1.30 bits per heavy atom. The number of hydrogen-bond donors (Lipinski definition) is 2. The molecule has 8 heteroatoms. The molecule has 20 heavy (non-hydrogen) atoms. The van der Waals surface area contributed by atoms with E-state index < -0.39 is 6.43 Å². The van der Waals surface area contributed by atoms with Crippen molar-refractivity contribution in [3.05, 3.63) is 18.0 Å². The van der Waals surface area contributed by atoms with Crippen LogP contribution in [0.3, 0.4) is 0 Å². The fourth-order valence-electron chi connectivity index (χ4n) is 1.67. The molecule has 2 N–H and O–H groups in total. The fraction of sp³-hybridized carbons (Fsp3) is 0.333. The summed E-state index contributed by atoms with van der Waals surface area (Å²) in [6, 6.07) is 1.23. The first kappa shape index (κ1) is 14.0. The highest BCUT2D eigenvalue weighted by atomic mass is 19.3. The van der Waals surface area contributed by atoms with E-state index in [-0.39, 0.29) is 23.5 Å². The number of rotatable bonds is 5. The average molecular weight is 281 g/mol. The topological polar surface area (TPSA) is 79.8 Å². The zero-order chi connectivity index (χ0) is 14.7. The third-order valence-electron chi connectivity index (χ3n) is 2.42. The number of carbonyl (C=O) groups is 1. The summed E-state index contributed by atoms with van der Waals surface area (Å²) in [5.74, 6) is 0.329. The van der Waals surface area contributed by atoms with Crippen LogP contribution in [0.1, 0.15) is 26.0 Å². The van der Waals surface area contributed by atoms with Crippen LogP contribution >= 0.6 is 0 Å². The van der Waals surface area contributed by atoms with Gasteiger partial charge in [0.05, 0.1) is 0 Å². The van der Waals surface area contributed by atoms with E-state index >= 15 is 0 Å². The summed E-state index contributed by atoms with van der Waals surface area (Å²) in [7, 11) is 0. The van der Waals surface area contributed by atoms with Gasteiger partial charge >= 0.3 is 0 Å². The third-order valence-corrected chi connectivity index (χ3v) is 2.42. The van der Waals surface area contributed by atoms with Gasteiger partial charge in [0.15, 0.2) is 5.82 Å². The predicted octanol–water partition coefficient (Wildman–Crippen LogP) is 2.35. The van der Waals surface area contributed by atoms with Crippen LogP contribution in [0.25, 0.3) is 10.9 Å². The minimum atomic E-state index is -2.68. The van der Waals surface area contributed by atoms with Gasteiger partial charge in [-0.3, -0.25) is 10.1 Å². The van der Waals surface area contributed by atoms with Gasteiger partial charge in [-0.2, -0.15) is 0 Å². The van der Waals surface area contributed by atoms with Crippen LogP contribution in [0.4, 0.5) is 20.5 Å². The summed E-state index contributed by atoms with van der Waals surface area (Å²) >= 11 is 0. The summed E-state index contributed by atoms with van der Waals surface area (Å²) in [5, 5.41) is 5.70. The normalized spacial score (nSPS) is 11.1. The molecule has 2 rings (SSSR count). The standard InChI is InChI=1S/C12H13F2N5O/c1-6(2)17-11-9-7(3-8(18-11)10(13)14)4-15-12(19-9)16-5-20/h3-6,10H,1-2H3,(H,17,18)(H,15,16,19,20). The molecule has 106 valence electrons. The first-order valence-electron chi connectivity index (χ1n) is 5.94. The number of carbonyl (C=O) groups excluding carboxylic acids is 1. The molecular formula is C12H13F2N5O. The minimum absolute atomic E-state index is 0.00364. The number of aromatic nitrogens is 3. The summed E-state index contributed by atoms with van der Waals surface area (Å²) in [5.41, 5.74) is 0.0304. The van der Waals surface area contributed by atoms with Crippen LogP contribution in [0.15, 0.2) is 12.3 Å². The molecule has 2 heterocycles. The highest BCUT2D eigenvalue weighted by Crippen LogP contribution is 2.26. The molecule has 0 unspecified atom stereocenters. The number of alkyl halides is 2. The van der Waals surface area contributed by atoms with Crippen molar-refractivity contribution in [1.29, 1.82) is 0 Å².